The average molecular weight is 383 g/mol. The molecule has 0 radical (unpaired) electrons. The number of aromatic amines is 2. The van der Waals surface area contributed by atoms with E-state index in [1.807, 2.05) is 0 Å². The smallest absolute Gasteiger partial charge is 0.277 e. The summed E-state index contributed by atoms with van der Waals surface area (Å²) in [6, 6.07) is 1.53. The standard InChI is InChI=1S/C17H21N9O2/c1-9-12(14(28)26-16(19-9)22-15(18)24-26)7-5-3-4-6-11-8-13(27)25-17(21-11)20-10(2)23-25/h8H,3-7H2,1-2H3,(H,20,21,23)(H3,18,19,22,24). The number of hydrogen-bond donors (Lipinski definition) is 3. The summed E-state index contributed by atoms with van der Waals surface area (Å²) in [5.41, 5.74) is 7.32. The summed E-state index contributed by atoms with van der Waals surface area (Å²) in [4.78, 5) is 41.5. The van der Waals surface area contributed by atoms with Gasteiger partial charge in [0.2, 0.25) is 5.95 Å². The topological polar surface area (TPSA) is 152 Å². The number of nitrogens with two attached hydrogens (primary N) is 1. The maximum absolute atomic E-state index is 12.6. The third-order valence-electron chi connectivity index (χ3n) is 4.67. The Morgan fingerprint density at radius 2 is 1.68 bits per heavy atom. The van der Waals surface area contributed by atoms with E-state index >= 15 is 0 Å². The number of anilines is 1. The number of nitrogens with one attached hydrogen (secondary N) is 2. The van der Waals surface area contributed by atoms with Crippen molar-refractivity contribution in [2.45, 2.75) is 46.0 Å². The number of fused-ring (bicyclic) bond motifs is 2. The van der Waals surface area contributed by atoms with Gasteiger partial charge in [-0.2, -0.15) is 19.0 Å². The van der Waals surface area contributed by atoms with E-state index in [2.05, 4.69) is 30.1 Å². The van der Waals surface area contributed by atoms with Crippen LogP contribution >= 0.6 is 0 Å². The Hall–Kier alpha value is -3.50. The fraction of sp³-hybridized carbons (Fsp3) is 0.412. The van der Waals surface area contributed by atoms with Crippen molar-refractivity contribution >= 4 is 17.5 Å². The molecule has 0 unspecified atom stereocenters. The molecule has 0 spiro atoms. The summed E-state index contributed by atoms with van der Waals surface area (Å²) in [6.45, 7) is 3.59. The zero-order chi connectivity index (χ0) is 19.8. The predicted octanol–water partition coefficient (Wildman–Crippen LogP) is 0.303. The third kappa shape index (κ3) is 3.26. The van der Waals surface area contributed by atoms with Crippen LogP contribution in [0.5, 0.6) is 0 Å². The molecule has 4 rings (SSSR count). The van der Waals surface area contributed by atoms with Crippen LogP contribution in [-0.2, 0) is 12.8 Å². The molecule has 4 N–H and O–H groups in total. The van der Waals surface area contributed by atoms with Gasteiger partial charge in [0.25, 0.3) is 22.7 Å². The second-order valence-electron chi connectivity index (χ2n) is 6.82. The van der Waals surface area contributed by atoms with Crippen molar-refractivity contribution in [3.63, 3.8) is 0 Å². The maximum Gasteiger partial charge on any atom is 0.277 e. The van der Waals surface area contributed by atoms with Gasteiger partial charge in [0, 0.05) is 11.6 Å². The van der Waals surface area contributed by atoms with E-state index in [1.165, 1.54) is 15.1 Å². The van der Waals surface area contributed by atoms with Gasteiger partial charge in [-0.25, -0.2) is 9.97 Å². The number of nitrogens with zero attached hydrogens (tertiary/aromatic N) is 6. The minimum atomic E-state index is -0.166. The van der Waals surface area contributed by atoms with Crippen LogP contribution in [0.4, 0.5) is 5.95 Å². The number of H-pyrrole nitrogens is 2. The number of rotatable bonds is 6. The molecule has 4 heterocycles. The van der Waals surface area contributed by atoms with E-state index in [4.69, 9.17) is 5.73 Å². The van der Waals surface area contributed by atoms with Gasteiger partial charge in [-0.1, -0.05) is 6.42 Å². The normalized spacial score (nSPS) is 11.6. The SMILES string of the molecule is Cc1nc2nc(CCCCCc3c(C)nc4nc(N)[nH]n4c3=O)cc(=O)n2[nH]1. The second kappa shape index (κ2) is 6.91. The van der Waals surface area contributed by atoms with Gasteiger partial charge in [0.05, 0.1) is 11.4 Å². The summed E-state index contributed by atoms with van der Waals surface area (Å²) in [5.74, 6) is 1.48. The molecule has 0 fully saturated rings. The lowest BCUT2D eigenvalue weighted by atomic mass is 10.1. The zero-order valence-corrected chi connectivity index (χ0v) is 15.7. The summed E-state index contributed by atoms with van der Waals surface area (Å²) in [7, 11) is 0. The molecule has 0 saturated heterocycles. The zero-order valence-electron chi connectivity index (χ0n) is 15.7. The molecular formula is C17H21N9O2. The van der Waals surface area contributed by atoms with Gasteiger partial charge >= 0.3 is 0 Å². The van der Waals surface area contributed by atoms with E-state index in [1.54, 1.807) is 13.8 Å². The van der Waals surface area contributed by atoms with Crippen LogP contribution < -0.4 is 16.9 Å². The third-order valence-corrected chi connectivity index (χ3v) is 4.67. The van der Waals surface area contributed by atoms with Crippen LogP contribution in [0.1, 0.15) is 42.0 Å². The highest BCUT2D eigenvalue weighted by Crippen LogP contribution is 2.10. The quantitative estimate of drug-likeness (QED) is 0.405. The maximum atomic E-state index is 12.6. The Kier molecular flexibility index (Phi) is 4.41. The van der Waals surface area contributed by atoms with Gasteiger partial charge < -0.3 is 5.73 Å². The van der Waals surface area contributed by atoms with Gasteiger partial charge in [-0.05, 0) is 39.5 Å². The Morgan fingerprint density at radius 3 is 2.50 bits per heavy atom. The van der Waals surface area contributed by atoms with Crippen LogP contribution in [0.2, 0.25) is 0 Å². The van der Waals surface area contributed by atoms with E-state index < -0.39 is 0 Å². The molecule has 0 aliphatic heterocycles. The first-order valence-corrected chi connectivity index (χ1v) is 9.11. The highest BCUT2D eigenvalue weighted by molar-refractivity contribution is 5.36. The molecule has 0 aliphatic rings. The van der Waals surface area contributed by atoms with Gasteiger partial charge in [-0.15, -0.1) is 0 Å². The molecule has 0 atom stereocenters. The average Bonchev–Trinajstić information content (AvgIpc) is 3.19. The van der Waals surface area contributed by atoms with E-state index in [9.17, 15) is 9.59 Å². The molecule has 0 amide bonds. The molecule has 11 heteroatoms. The fourth-order valence-corrected chi connectivity index (χ4v) is 3.30. The first-order valence-electron chi connectivity index (χ1n) is 9.11. The van der Waals surface area contributed by atoms with Crippen molar-refractivity contribution in [3.05, 3.63) is 49.5 Å². The van der Waals surface area contributed by atoms with E-state index in [0.29, 0.717) is 35.7 Å². The molecule has 0 aliphatic carbocycles. The summed E-state index contributed by atoms with van der Waals surface area (Å²) in [5, 5.41) is 5.55. The first kappa shape index (κ1) is 17.9. The van der Waals surface area contributed by atoms with Crippen LogP contribution in [0, 0.1) is 13.8 Å². The lowest BCUT2D eigenvalue weighted by Gasteiger charge is -2.05. The van der Waals surface area contributed by atoms with Crippen molar-refractivity contribution in [2.24, 2.45) is 0 Å². The molecular weight excluding hydrogens is 362 g/mol. The molecule has 0 saturated carbocycles. The molecule has 4 aromatic heterocycles. The summed E-state index contributed by atoms with van der Waals surface area (Å²) in [6.07, 6.45) is 3.89. The highest BCUT2D eigenvalue weighted by Gasteiger charge is 2.12. The predicted molar refractivity (Wildman–Crippen MR) is 102 cm³/mol. The Balaban J connectivity index is 1.38. The van der Waals surface area contributed by atoms with Crippen LogP contribution in [0.25, 0.3) is 11.6 Å². The number of hydrogen-bond acceptors (Lipinski definition) is 7. The highest BCUT2D eigenvalue weighted by atomic mass is 16.1. The van der Waals surface area contributed by atoms with Crippen molar-refractivity contribution in [2.75, 3.05) is 5.73 Å². The van der Waals surface area contributed by atoms with Crippen LogP contribution in [0.15, 0.2) is 15.7 Å². The van der Waals surface area contributed by atoms with Crippen molar-refractivity contribution in [1.29, 1.82) is 0 Å². The largest absolute Gasteiger partial charge is 0.368 e. The molecule has 11 nitrogen and oxygen atoms in total. The summed E-state index contributed by atoms with van der Waals surface area (Å²) < 4.78 is 2.61. The molecule has 0 bridgehead atoms. The lowest BCUT2D eigenvalue weighted by Crippen LogP contribution is -2.22. The van der Waals surface area contributed by atoms with Crippen LogP contribution in [0.3, 0.4) is 0 Å². The van der Waals surface area contributed by atoms with Gasteiger partial charge in [-0.3, -0.25) is 19.8 Å². The molecule has 146 valence electrons. The Morgan fingerprint density at radius 1 is 0.929 bits per heavy atom. The fourth-order valence-electron chi connectivity index (χ4n) is 3.30. The lowest BCUT2D eigenvalue weighted by molar-refractivity contribution is 0.661. The molecule has 0 aromatic carbocycles. The summed E-state index contributed by atoms with van der Waals surface area (Å²) >= 11 is 0. The van der Waals surface area contributed by atoms with Gasteiger partial charge in [0.1, 0.15) is 5.82 Å². The molecule has 4 aromatic rings. The van der Waals surface area contributed by atoms with Crippen molar-refractivity contribution in [1.82, 2.24) is 39.2 Å². The van der Waals surface area contributed by atoms with Crippen molar-refractivity contribution in [3.8, 4) is 0 Å². The number of unbranched alkanes of at least 4 members (excludes halogenated alkanes) is 2. The second-order valence-corrected chi connectivity index (χ2v) is 6.82. The number of aromatic nitrogens is 8. The minimum Gasteiger partial charge on any atom is -0.368 e. The van der Waals surface area contributed by atoms with Crippen molar-refractivity contribution < 1.29 is 0 Å². The first-order chi connectivity index (χ1) is 13.4. The minimum absolute atomic E-state index is 0.161. The Labute approximate surface area is 158 Å². The number of aryl methyl sites for hydroxylation is 3. The monoisotopic (exact) mass is 383 g/mol. The van der Waals surface area contributed by atoms with Crippen LogP contribution in [-0.4, -0.2) is 39.2 Å². The van der Waals surface area contributed by atoms with E-state index in [-0.39, 0.29) is 22.8 Å². The Bertz CT molecular complexity index is 1280. The molecule has 28 heavy (non-hydrogen) atoms. The van der Waals surface area contributed by atoms with Gasteiger partial charge in [0.15, 0.2) is 0 Å². The van der Waals surface area contributed by atoms with E-state index in [0.717, 1.165) is 25.0 Å². The number of nitrogen functional groups attached to an aromatic ring is 1.